The molecule has 0 aliphatic rings. The summed E-state index contributed by atoms with van der Waals surface area (Å²) in [5, 5.41) is 2.51. The van der Waals surface area contributed by atoms with Crippen LogP contribution in [0.4, 0.5) is 0 Å². The van der Waals surface area contributed by atoms with Gasteiger partial charge in [0.15, 0.2) is 0 Å². The van der Waals surface area contributed by atoms with Crippen molar-refractivity contribution in [2.75, 3.05) is 0 Å². The summed E-state index contributed by atoms with van der Waals surface area (Å²) in [6.07, 6.45) is 0.552. The van der Waals surface area contributed by atoms with E-state index in [1.807, 2.05) is 24.4 Å². The van der Waals surface area contributed by atoms with Gasteiger partial charge in [-0.05, 0) is 23.5 Å². The summed E-state index contributed by atoms with van der Waals surface area (Å²) in [4.78, 5) is 30.3. The summed E-state index contributed by atoms with van der Waals surface area (Å²) in [7, 11) is 0. The first-order valence-electron chi connectivity index (χ1n) is 9.08. The molecule has 6 heteroatoms. The van der Waals surface area contributed by atoms with Crippen molar-refractivity contribution < 1.29 is 4.79 Å². The molecule has 1 amide bonds. The SMILES string of the molecule is CCc1nc2scc(-c3ccc(C(C)(C)C)cc3)c2c(=O)n1C(C)C(N)=O. The van der Waals surface area contributed by atoms with E-state index in [0.29, 0.717) is 22.5 Å². The highest BCUT2D eigenvalue weighted by molar-refractivity contribution is 7.17. The molecule has 2 heterocycles. The third-order valence-corrected chi connectivity index (χ3v) is 5.76. The van der Waals surface area contributed by atoms with Crippen LogP contribution in [-0.4, -0.2) is 15.5 Å². The second kappa shape index (κ2) is 6.93. The van der Waals surface area contributed by atoms with E-state index in [1.165, 1.54) is 21.5 Å². The summed E-state index contributed by atoms with van der Waals surface area (Å²) in [6, 6.07) is 7.53. The fourth-order valence-corrected chi connectivity index (χ4v) is 4.14. The highest BCUT2D eigenvalue weighted by Gasteiger charge is 2.22. The number of thiophene rings is 1. The normalized spacial score (nSPS) is 13.1. The number of aryl methyl sites for hydroxylation is 1. The van der Waals surface area contributed by atoms with Crippen LogP contribution in [0, 0.1) is 0 Å². The summed E-state index contributed by atoms with van der Waals surface area (Å²) >= 11 is 1.45. The molecule has 0 aliphatic carbocycles. The Morgan fingerprint density at radius 2 is 1.89 bits per heavy atom. The number of rotatable bonds is 4. The highest BCUT2D eigenvalue weighted by Crippen LogP contribution is 2.33. The van der Waals surface area contributed by atoms with Gasteiger partial charge < -0.3 is 5.73 Å². The van der Waals surface area contributed by atoms with Gasteiger partial charge in [-0.25, -0.2) is 4.98 Å². The smallest absolute Gasteiger partial charge is 0.263 e. The van der Waals surface area contributed by atoms with Gasteiger partial charge in [-0.1, -0.05) is 52.0 Å². The number of benzene rings is 1. The first-order valence-corrected chi connectivity index (χ1v) is 9.96. The maximum atomic E-state index is 13.3. The molecule has 3 aromatic rings. The Morgan fingerprint density at radius 1 is 1.26 bits per heavy atom. The molecule has 142 valence electrons. The van der Waals surface area contributed by atoms with Crippen molar-refractivity contribution in [3.8, 4) is 11.1 Å². The van der Waals surface area contributed by atoms with Crippen LogP contribution in [-0.2, 0) is 16.6 Å². The Kier molecular flexibility index (Phi) is 4.95. The molecule has 2 N–H and O–H groups in total. The van der Waals surface area contributed by atoms with Gasteiger partial charge in [0.1, 0.15) is 16.7 Å². The van der Waals surface area contributed by atoms with Crippen molar-refractivity contribution in [3.63, 3.8) is 0 Å². The number of carbonyl (C=O) groups excluding carboxylic acids is 1. The monoisotopic (exact) mass is 383 g/mol. The van der Waals surface area contributed by atoms with E-state index >= 15 is 0 Å². The average Bonchev–Trinajstić information content (AvgIpc) is 3.04. The van der Waals surface area contributed by atoms with Gasteiger partial charge >= 0.3 is 0 Å². The molecule has 0 bridgehead atoms. The minimum Gasteiger partial charge on any atom is -0.368 e. The first kappa shape index (κ1) is 19.3. The molecule has 1 unspecified atom stereocenters. The zero-order chi connectivity index (χ0) is 19.9. The standard InChI is InChI=1S/C21H25N3O2S/c1-6-16-23-19-17(20(26)24(16)12(2)18(22)25)15(11-27-19)13-7-9-14(10-8-13)21(3,4)5/h7-12H,6H2,1-5H3,(H2,22,25). The predicted molar refractivity (Wildman–Crippen MR) is 111 cm³/mol. The van der Waals surface area contributed by atoms with Crippen molar-refractivity contribution in [2.45, 2.75) is 52.5 Å². The quantitative estimate of drug-likeness (QED) is 0.739. The van der Waals surface area contributed by atoms with E-state index < -0.39 is 11.9 Å². The van der Waals surface area contributed by atoms with Crippen molar-refractivity contribution in [2.24, 2.45) is 5.73 Å². The van der Waals surface area contributed by atoms with Crippen LogP contribution in [0.25, 0.3) is 21.3 Å². The van der Waals surface area contributed by atoms with E-state index in [2.05, 4.69) is 37.9 Å². The van der Waals surface area contributed by atoms with Gasteiger partial charge in [0.05, 0.1) is 5.39 Å². The Morgan fingerprint density at radius 3 is 2.41 bits per heavy atom. The van der Waals surface area contributed by atoms with E-state index in [9.17, 15) is 9.59 Å². The summed E-state index contributed by atoms with van der Waals surface area (Å²) in [5.41, 5.74) is 8.37. The summed E-state index contributed by atoms with van der Waals surface area (Å²) < 4.78 is 1.43. The largest absolute Gasteiger partial charge is 0.368 e. The molecule has 0 spiro atoms. The maximum Gasteiger partial charge on any atom is 0.263 e. The van der Waals surface area contributed by atoms with Crippen molar-refractivity contribution in [3.05, 3.63) is 51.4 Å². The van der Waals surface area contributed by atoms with Crippen LogP contribution in [0.1, 0.15) is 52.0 Å². The second-order valence-electron chi connectivity index (χ2n) is 7.79. The topological polar surface area (TPSA) is 78.0 Å². The minimum absolute atomic E-state index is 0.0659. The van der Waals surface area contributed by atoms with Crippen LogP contribution in [0.3, 0.4) is 0 Å². The van der Waals surface area contributed by atoms with Crippen molar-refractivity contribution >= 4 is 27.5 Å². The third kappa shape index (κ3) is 3.41. The molecule has 5 nitrogen and oxygen atoms in total. The predicted octanol–water partition coefficient (Wildman–Crippen LogP) is 4.03. The molecular weight excluding hydrogens is 358 g/mol. The molecule has 0 aliphatic heterocycles. The average molecular weight is 384 g/mol. The lowest BCUT2D eigenvalue weighted by molar-refractivity contribution is -0.120. The minimum atomic E-state index is -0.736. The molecule has 1 atom stereocenters. The first-order chi connectivity index (χ1) is 12.6. The molecule has 1 aromatic carbocycles. The second-order valence-corrected chi connectivity index (χ2v) is 8.65. The Balaban J connectivity index is 2.23. The number of carbonyl (C=O) groups is 1. The zero-order valence-electron chi connectivity index (χ0n) is 16.4. The zero-order valence-corrected chi connectivity index (χ0v) is 17.2. The fraction of sp³-hybridized carbons (Fsp3) is 0.381. The molecule has 2 aromatic heterocycles. The van der Waals surface area contributed by atoms with Crippen LogP contribution in [0.5, 0.6) is 0 Å². The van der Waals surface area contributed by atoms with Gasteiger partial charge in [-0.3, -0.25) is 14.2 Å². The fourth-order valence-electron chi connectivity index (χ4n) is 3.18. The molecule has 0 saturated heterocycles. The molecule has 0 radical (unpaired) electrons. The molecule has 0 saturated carbocycles. The van der Waals surface area contributed by atoms with Crippen LogP contribution in [0.15, 0.2) is 34.4 Å². The number of amides is 1. The summed E-state index contributed by atoms with van der Waals surface area (Å²) in [5.74, 6) is 0.0366. The van der Waals surface area contributed by atoms with Crippen molar-refractivity contribution in [1.29, 1.82) is 0 Å². The molecule has 3 rings (SSSR count). The van der Waals surface area contributed by atoms with Crippen LogP contribution < -0.4 is 11.3 Å². The maximum absolute atomic E-state index is 13.3. The Hall–Kier alpha value is -2.47. The van der Waals surface area contributed by atoms with E-state index in [0.717, 1.165) is 11.1 Å². The van der Waals surface area contributed by atoms with Crippen molar-refractivity contribution in [1.82, 2.24) is 9.55 Å². The number of hydrogen-bond acceptors (Lipinski definition) is 4. The van der Waals surface area contributed by atoms with E-state index in [1.54, 1.807) is 6.92 Å². The molecule has 0 fully saturated rings. The Labute approximate surface area is 162 Å². The third-order valence-electron chi connectivity index (χ3n) is 4.89. The number of nitrogens with zero attached hydrogens (tertiary/aromatic N) is 2. The van der Waals surface area contributed by atoms with E-state index in [-0.39, 0.29) is 11.0 Å². The van der Waals surface area contributed by atoms with Gasteiger partial charge in [0.2, 0.25) is 5.91 Å². The highest BCUT2D eigenvalue weighted by atomic mass is 32.1. The van der Waals surface area contributed by atoms with Gasteiger partial charge in [0.25, 0.3) is 5.56 Å². The number of primary amides is 1. The van der Waals surface area contributed by atoms with Crippen LogP contribution >= 0.6 is 11.3 Å². The van der Waals surface area contributed by atoms with Gasteiger partial charge in [-0.15, -0.1) is 11.3 Å². The lowest BCUT2D eigenvalue weighted by Gasteiger charge is -2.19. The van der Waals surface area contributed by atoms with Gasteiger partial charge in [0, 0.05) is 17.4 Å². The molecule has 27 heavy (non-hydrogen) atoms. The lowest BCUT2D eigenvalue weighted by Crippen LogP contribution is -2.34. The number of nitrogens with two attached hydrogens (primary N) is 1. The molecular formula is C21H25N3O2S. The number of fused-ring (bicyclic) bond motifs is 1. The Bertz CT molecular complexity index is 1060. The van der Waals surface area contributed by atoms with Crippen LogP contribution in [0.2, 0.25) is 0 Å². The number of hydrogen-bond donors (Lipinski definition) is 1. The van der Waals surface area contributed by atoms with Gasteiger partial charge in [-0.2, -0.15) is 0 Å². The lowest BCUT2D eigenvalue weighted by atomic mass is 9.86. The summed E-state index contributed by atoms with van der Waals surface area (Å²) in [6.45, 7) is 10.1. The number of aromatic nitrogens is 2. The van der Waals surface area contributed by atoms with E-state index in [4.69, 9.17) is 5.73 Å².